The molecule has 0 aromatic carbocycles. The van der Waals surface area contributed by atoms with Gasteiger partial charge in [0, 0.05) is 24.5 Å². The van der Waals surface area contributed by atoms with Gasteiger partial charge in [-0.05, 0) is 18.2 Å². The Morgan fingerprint density at radius 1 is 1.30 bits per heavy atom. The quantitative estimate of drug-likeness (QED) is 0.848. The first-order valence-electron chi connectivity index (χ1n) is 5.62. The second kappa shape index (κ2) is 6.17. The van der Waals surface area contributed by atoms with E-state index in [1.54, 1.807) is 18.3 Å². The Morgan fingerprint density at radius 2 is 2.10 bits per heavy atom. The van der Waals surface area contributed by atoms with Crippen molar-refractivity contribution < 1.29 is 13.2 Å². The Labute approximate surface area is 121 Å². The molecular weight excluding hydrogens is 302 g/mol. The van der Waals surface area contributed by atoms with Crippen molar-refractivity contribution in [1.82, 2.24) is 14.7 Å². The predicted molar refractivity (Wildman–Crippen MR) is 74.1 cm³/mol. The minimum atomic E-state index is -3.65. The van der Waals surface area contributed by atoms with Crippen LogP contribution in [0.5, 0.6) is 5.88 Å². The summed E-state index contributed by atoms with van der Waals surface area (Å²) in [6.07, 6.45) is 2.77. The average molecular weight is 314 g/mol. The first-order valence-corrected chi connectivity index (χ1v) is 7.48. The number of hydrogen-bond donors (Lipinski definition) is 1. The predicted octanol–water partition coefficient (Wildman–Crippen LogP) is 1.62. The molecule has 6 nitrogen and oxygen atoms in total. The molecule has 0 atom stereocenters. The highest BCUT2D eigenvalue weighted by molar-refractivity contribution is 7.89. The van der Waals surface area contributed by atoms with Gasteiger partial charge in [-0.1, -0.05) is 17.7 Å². The largest absolute Gasteiger partial charge is 0.481 e. The molecule has 0 unspecified atom stereocenters. The summed E-state index contributed by atoms with van der Waals surface area (Å²) in [4.78, 5) is 7.78. The van der Waals surface area contributed by atoms with Gasteiger partial charge in [0.25, 0.3) is 0 Å². The highest BCUT2D eigenvalue weighted by Crippen LogP contribution is 2.15. The van der Waals surface area contributed by atoms with Crippen molar-refractivity contribution in [2.24, 2.45) is 0 Å². The number of ether oxygens (including phenoxy) is 1. The van der Waals surface area contributed by atoms with Gasteiger partial charge in [-0.25, -0.2) is 23.1 Å². The molecule has 0 aliphatic heterocycles. The van der Waals surface area contributed by atoms with Crippen LogP contribution in [0.15, 0.2) is 41.6 Å². The smallest absolute Gasteiger partial charge is 0.242 e. The summed E-state index contributed by atoms with van der Waals surface area (Å²) >= 11 is 5.62. The van der Waals surface area contributed by atoms with Crippen LogP contribution in [0.2, 0.25) is 5.15 Å². The van der Waals surface area contributed by atoms with Gasteiger partial charge in [0.1, 0.15) is 10.0 Å². The summed E-state index contributed by atoms with van der Waals surface area (Å²) in [6, 6.07) is 6.24. The number of methoxy groups -OCH3 is 1. The molecule has 2 aromatic heterocycles. The SMILES string of the molecule is COc1ncccc1CNS(=O)(=O)c1ccc(Cl)nc1. The van der Waals surface area contributed by atoms with Crippen LogP contribution in [-0.2, 0) is 16.6 Å². The number of nitrogens with one attached hydrogen (secondary N) is 1. The third-order valence-electron chi connectivity index (χ3n) is 2.51. The summed E-state index contributed by atoms with van der Waals surface area (Å²) in [6.45, 7) is 0.0714. The second-order valence-corrected chi connectivity index (χ2v) is 5.97. The van der Waals surface area contributed by atoms with Gasteiger partial charge in [-0.2, -0.15) is 0 Å². The van der Waals surface area contributed by atoms with Gasteiger partial charge in [-0.15, -0.1) is 0 Å². The Hall–Kier alpha value is -1.70. The van der Waals surface area contributed by atoms with Crippen molar-refractivity contribution in [3.8, 4) is 5.88 Å². The molecule has 0 saturated carbocycles. The number of aromatic nitrogens is 2. The van der Waals surface area contributed by atoms with Crippen LogP contribution in [0.25, 0.3) is 0 Å². The van der Waals surface area contributed by atoms with Crippen molar-refractivity contribution in [3.05, 3.63) is 47.4 Å². The van der Waals surface area contributed by atoms with E-state index in [1.807, 2.05) is 0 Å². The lowest BCUT2D eigenvalue weighted by molar-refractivity contribution is 0.392. The molecule has 0 aliphatic rings. The first kappa shape index (κ1) is 14.7. The van der Waals surface area contributed by atoms with Crippen LogP contribution in [0.1, 0.15) is 5.56 Å². The lowest BCUT2D eigenvalue weighted by Gasteiger charge is -2.09. The van der Waals surface area contributed by atoms with Crippen molar-refractivity contribution in [2.45, 2.75) is 11.4 Å². The zero-order valence-electron chi connectivity index (χ0n) is 10.6. The summed E-state index contributed by atoms with van der Waals surface area (Å²) < 4.78 is 31.6. The van der Waals surface area contributed by atoms with E-state index in [2.05, 4.69) is 14.7 Å². The maximum absolute atomic E-state index is 12.1. The third-order valence-corrected chi connectivity index (χ3v) is 4.12. The fourth-order valence-electron chi connectivity index (χ4n) is 1.52. The number of halogens is 1. The maximum Gasteiger partial charge on any atom is 0.242 e. The minimum Gasteiger partial charge on any atom is -0.481 e. The van der Waals surface area contributed by atoms with E-state index in [0.29, 0.717) is 11.4 Å². The Kier molecular flexibility index (Phi) is 4.53. The molecule has 0 bridgehead atoms. The van der Waals surface area contributed by atoms with Crippen LogP contribution in [-0.4, -0.2) is 25.5 Å². The maximum atomic E-state index is 12.1. The highest BCUT2D eigenvalue weighted by Gasteiger charge is 2.15. The fourth-order valence-corrected chi connectivity index (χ4v) is 2.58. The van der Waals surface area contributed by atoms with Gasteiger partial charge < -0.3 is 4.74 Å². The van der Waals surface area contributed by atoms with Crippen molar-refractivity contribution in [1.29, 1.82) is 0 Å². The van der Waals surface area contributed by atoms with E-state index in [0.717, 1.165) is 0 Å². The number of nitrogens with zero attached hydrogens (tertiary/aromatic N) is 2. The van der Waals surface area contributed by atoms with E-state index in [-0.39, 0.29) is 16.6 Å². The molecule has 1 N–H and O–H groups in total. The molecule has 0 aliphatic carbocycles. The summed E-state index contributed by atoms with van der Waals surface area (Å²) in [5.74, 6) is 0.379. The van der Waals surface area contributed by atoms with Crippen LogP contribution >= 0.6 is 11.6 Å². The lowest BCUT2D eigenvalue weighted by Crippen LogP contribution is -2.23. The number of sulfonamides is 1. The van der Waals surface area contributed by atoms with Crippen LogP contribution in [0.3, 0.4) is 0 Å². The number of pyridine rings is 2. The van der Waals surface area contributed by atoms with Crippen molar-refractivity contribution >= 4 is 21.6 Å². The summed E-state index contributed by atoms with van der Waals surface area (Å²) in [5, 5.41) is 0.234. The summed E-state index contributed by atoms with van der Waals surface area (Å²) in [5.41, 5.74) is 0.639. The molecule has 8 heteroatoms. The van der Waals surface area contributed by atoms with E-state index in [1.165, 1.54) is 25.4 Å². The van der Waals surface area contributed by atoms with Gasteiger partial charge in [0.2, 0.25) is 15.9 Å². The number of hydrogen-bond acceptors (Lipinski definition) is 5. The van der Waals surface area contributed by atoms with Gasteiger partial charge in [-0.3, -0.25) is 0 Å². The zero-order valence-corrected chi connectivity index (χ0v) is 12.1. The molecule has 2 aromatic rings. The molecule has 0 spiro atoms. The minimum absolute atomic E-state index is 0.0461. The summed E-state index contributed by atoms with van der Waals surface area (Å²) in [7, 11) is -2.18. The van der Waals surface area contributed by atoms with Crippen molar-refractivity contribution in [2.75, 3.05) is 7.11 Å². The van der Waals surface area contributed by atoms with Gasteiger partial charge in [0.05, 0.1) is 7.11 Å². The molecular formula is C12H12ClN3O3S. The number of rotatable bonds is 5. The standard InChI is InChI=1S/C12H12ClN3O3S/c1-19-12-9(3-2-6-14-12)7-16-20(17,18)10-4-5-11(13)15-8-10/h2-6,8,16H,7H2,1H3. The topological polar surface area (TPSA) is 81.2 Å². The Balaban J connectivity index is 2.15. The van der Waals surface area contributed by atoms with E-state index >= 15 is 0 Å². The van der Waals surface area contributed by atoms with Crippen molar-refractivity contribution in [3.63, 3.8) is 0 Å². The van der Waals surface area contributed by atoms with Crippen LogP contribution < -0.4 is 9.46 Å². The highest BCUT2D eigenvalue weighted by atomic mass is 35.5. The first-order chi connectivity index (χ1) is 9.53. The molecule has 0 fully saturated rings. The Bertz CT molecular complexity index is 689. The normalized spacial score (nSPS) is 11.3. The van der Waals surface area contributed by atoms with E-state index < -0.39 is 10.0 Å². The fraction of sp³-hybridized carbons (Fsp3) is 0.167. The van der Waals surface area contributed by atoms with Gasteiger partial charge in [0.15, 0.2) is 0 Å². The molecule has 2 heterocycles. The second-order valence-electron chi connectivity index (χ2n) is 3.81. The molecule has 0 amide bonds. The average Bonchev–Trinajstić information content (AvgIpc) is 2.46. The molecule has 106 valence electrons. The zero-order chi connectivity index (χ0) is 14.6. The Morgan fingerprint density at radius 3 is 2.75 bits per heavy atom. The van der Waals surface area contributed by atoms with Crippen LogP contribution in [0.4, 0.5) is 0 Å². The molecule has 0 saturated heterocycles. The van der Waals surface area contributed by atoms with Crippen LogP contribution in [0, 0.1) is 0 Å². The van der Waals surface area contributed by atoms with Gasteiger partial charge >= 0.3 is 0 Å². The third kappa shape index (κ3) is 3.44. The molecule has 0 radical (unpaired) electrons. The molecule has 2 rings (SSSR count). The van der Waals surface area contributed by atoms with E-state index in [9.17, 15) is 8.42 Å². The monoisotopic (exact) mass is 313 g/mol. The molecule has 20 heavy (non-hydrogen) atoms. The van der Waals surface area contributed by atoms with E-state index in [4.69, 9.17) is 16.3 Å². The lowest BCUT2D eigenvalue weighted by atomic mass is 10.3.